The predicted molar refractivity (Wildman–Crippen MR) is 109 cm³/mol. The van der Waals surface area contributed by atoms with Crippen molar-refractivity contribution in [3.05, 3.63) is 72.1 Å². The second-order valence-electron chi connectivity index (χ2n) is 6.68. The summed E-state index contributed by atoms with van der Waals surface area (Å²) in [4.78, 5) is 20.9. The summed E-state index contributed by atoms with van der Waals surface area (Å²) in [5.41, 5.74) is 3.04. The van der Waals surface area contributed by atoms with Crippen LogP contribution < -0.4 is 10.6 Å². The molecule has 0 unspecified atom stereocenters. The van der Waals surface area contributed by atoms with Crippen LogP contribution in [0.2, 0.25) is 0 Å². The van der Waals surface area contributed by atoms with Gasteiger partial charge >= 0.3 is 6.03 Å². The van der Waals surface area contributed by atoms with Crippen molar-refractivity contribution in [2.75, 3.05) is 5.32 Å². The van der Waals surface area contributed by atoms with Crippen LogP contribution in [-0.2, 0) is 19.4 Å². The number of benzene rings is 1. The first-order chi connectivity index (χ1) is 13.7. The maximum atomic E-state index is 12.3. The summed E-state index contributed by atoms with van der Waals surface area (Å²) in [6, 6.07) is 13.3. The summed E-state index contributed by atoms with van der Waals surface area (Å²) in [6.45, 7) is 4.76. The molecule has 0 spiro atoms. The van der Waals surface area contributed by atoms with E-state index in [-0.39, 0.29) is 12.1 Å². The molecular weight excluding hydrogens is 352 g/mol. The smallest absolute Gasteiger partial charge is 0.319 e. The zero-order valence-corrected chi connectivity index (χ0v) is 16.3. The molecule has 0 aliphatic carbocycles. The summed E-state index contributed by atoms with van der Waals surface area (Å²) in [5.74, 6) is 0.752. The molecule has 28 heavy (non-hydrogen) atoms. The van der Waals surface area contributed by atoms with Gasteiger partial charge in [0.2, 0.25) is 0 Å². The Hall–Kier alpha value is -3.22. The van der Waals surface area contributed by atoms with E-state index >= 15 is 0 Å². The average molecular weight is 378 g/mol. The van der Waals surface area contributed by atoms with E-state index in [1.165, 1.54) is 11.9 Å². The molecule has 0 saturated heterocycles. The van der Waals surface area contributed by atoms with E-state index < -0.39 is 0 Å². The van der Waals surface area contributed by atoms with Gasteiger partial charge in [-0.2, -0.15) is 5.10 Å². The summed E-state index contributed by atoms with van der Waals surface area (Å²) in [7, 11) is 0. The lowest BCUT2D eigenvalue weighted by molar-refractivity contribution is 0.248. The van der Waals surface area contributed by atoms with E-state index in [4.69, 9.17) is 0 Å². The van der Waals surface area contributed by atoms with Crippen LogP contribution in [-0.4, -0.2) is 25.8 Å². The molecule has 0 bridgehead atoms. The number of carbonyl (C=O) groups is 1. The normalized spacial score (nSPS) is 11.8. The van der Waals surface area contributed by atoms with Gasteiger partial charge in [0.25, 0.3) is 0 Å². The maximum absolute atomic E-state index is 12.3. The minimum atomic E-state index is -0.264. The number of hydrogen-bond donors (Lipinski definition) is 2. The average Bonchev–Trinajstić information content (AvgIpc) is 3.17. The first-order valence-electron chi connectivity index (χ1n) is 9.59. The SMILES string of the molecule is CCCn1ncnc1[C@@H](C)NC(=O)Nc1ccc(CCc2ccccn2)cc1. The lowest BCUT2D eigenvalue weighted by Crippen LogP contribution is -2.32. The number of rotatable bonds is 8. The molecule has 0 fully saturated rings. The summed E-state index contributed by atoms with van der Waals surface area (Å²) >= 11 is 0. The Kier molecular flexibility index (Phi) is 6.73. The van der Waals surface area contributed by atoms with E-state index in [0.29, 0.717) is 0 Å². The van der Waals surface area contributed by atoms with Crippen molar-refractivity contribution in [3.8, 4) is 0 Å². The summed E-state index contributed by atoms with van der Waals surface area (Å²) in [5, 5.41) is 9.97. The van der Waals surface area contributed by atoms with E-state index in [9.17, 15) is 4.79 Å². The molecule has 0 aliphatic rings. The molecule has 3 rings (SSSR count). The quantitative estimate of drug-likeness (QED) is 0.625. The number of urea groups is 1. The number of amides is 2. The fraction of sp³-hybridized carbons (Fsp3) is 0.333. The summed E-state index contributed by atoms with van der Waals surface area (Å²) < 4.78 is 1.82. The van der Waals surface area contributed by atoms with Gasteiger partial charge in [-0.1, -0.05) is 25.1 Å². The fourth-order valence-corrected chi connectivity index (χ4v) is 2.99. The molecule has 1 aromatic carbocycles. The van der Waals surface area contributed by atoms with Gasteiger partial charge < -0.3 is 10.6 Å². The zero-order valence-electron chi connectivity index (χ0n) is 16.3. The lowest BCUT2D eigenvalue weighted by atomic mass is 10.1. The highest BCUT2D eigenvalue weighted by atomic mass is 16.2. The number of carbonyl (C=O) groups excluding carboxylic acids is 1. The number of aromatic nitrogens is 4. The Morgan fingerprint density at radius 3 is 2.64 bits per heavy atom. The first-order valence-corrected chi connectivity index (χ1v) is 9.59. The van der Waals surface area contributed by atoms with Crippen LogP contribution in [0, 0.1) is 0 Å². The Bertz CT molecular complexity index is 875. The topological polar surface area (TPSA) is 84.7 Å². The van der Waals surface area contributed by atoms with Crippen molar-refractivity contribution in [2.45, 2.75) is 45.7 Å². The fourth-order valence-electron chi connectivity index (χ4n) is 2.99. The van der Waals surface area contributed by atoms with Crippen LogP contribution in [0.4, 0.5) is 10.5 Å². The molecule has 0 radical (unpaired) electrons. The van der Waals surface area contributed by atoms with E-state index in [1.807, 2.05) is 60.3 Å². The first kappa shape index (κ1) is 19.5. The Labute approximate surface area is 165 Å². The summed E-state index contributed by atoms with van der Waals surface area (Å²) in [6.07, 6.45) is 6.09. The lowest BCUT2D eigenvalue weighted by Gasteiger charge is -2.15. The number of aryl methyl sites for hydroxylation is 3. The zero-order chi connectivity index (χ0) is 19.8. The van der Waals surface area contributed by atoms with Crippen molar-refractivity contribution in [2.24, 2.45) is 0 Å². The Balaban J connectivity index is 1.50. The van der Waals surface area contributed by atoms with E-state index in [0.717, 1.165) is 43.0 Å². The Morgan fingerprint density at radius 1 is 1.11 bits per heavy atom. The molecule has 0 saturated carbocycles. The second-order valence-corrected chi connectivity index (χ2v) is 6.68. The van der Waals surface area contributed by atoms with Gasteiger partial charge in [-0.3, -0.25) is 4.98 Å². The van der Waals surface area contributed by atoms with Crippen molar-refractivity contribution in [1.82, 2.24) is 25.1 Å². The monoisotopic (exact) mass is 378 g/mol. The molecular formula is C21H26N6O. The van der Waals surface area contributed by atoms with Gasteiger partial charge in [0.05, 0.1) is 6.04 Å². The van der Waals surface area contributed by atoms with E-state index in [2.05, 4.69) is 32.6 Å². The molecule has 2 aromatic heterocycles. The number of anilines is 1. The van der Waals surface area contributed by atoms with E-state index in [1.54, 1.807) is 0 Å². The maximum Gasteiger partial charge on any atom is 0.319 e. The number of nitrogens with zero attached hydrogens (tertiary/aromatic N) is 4. The van der Waals surface area contributed by atoms with Gasteiger partial charge in [0.15, 0.2) is 0 Å². The minimum absolute atomic E-state index is 0.230. The largest absolute Gasteiger partial charge is 0.328 e. The van der Waals surface area contributed by atoms with Gasteiger partial charge in [-0.15, -0.1) is 0 Å². The third kappa shape index (κ3) is 5.39. The van der Waals surface area contributed by atoms with Crippen molar-refractivity contribution >= 4 is 11.7 Å². The van der Waals surface area contributed by atoms with Crippen LogP contribution in [0.25, 0.3) is 0 Å². The molecule has 3 aromatic rings. The number of hydrogen-bond acceptors (Lipinski definition) is 4. The van der Waals surface area contributed by atoms with Crippen molar-refractivity contribution < 1.29 is 4.79 Å². The van der Waals surface area contributed by atoms with Crippen LogP contribution >= 0.6 is 0 Å². The van der Waals surface area contributed by atoms with Gasteiger partial charge in [0.1, 0.15) is 12.2 Å². The Morgan fingerprint density at radius 2 is 1.93 bits per heavy atom. The van der Waals surface area contributed by atoms with Crippen molar-refractivity contribution in [3.63, 3.8) is 0 Å². The minimum Gasteiger partial charge on any atom is -0.328 e. The van der Waals surface area contributed by atoms with Gasteiger partial charge in [0, 0.05) is 24.1 Å². The van der Waals surface area contributed by atoms with Crippen molar-refractivity contribution in [1.29, 1.82) is 0 Å². The predicted octanol–water partition coefficient (Wildman–Crippen LogP) is 3.75. The molecule has 0 aliphatic heterocycles. The molecule has 7 heteroatoms. The highest BCUT2D eigenvalue weighted by Crippen LogP contribution is 2.13. The van der Waals surface area contributed by atoms with Crippen LogP contribution in [0.15, 0.2) is 55.0 Å². The van der Waals surface area contributed by atoms with Crippen LogP contribution in [0.1, 0.15) is 43.4 Å². The molecule has 2 N–H and O–H groups in total. The molecule has 1 atom stereocenters. The number of nitrogens with one attached hydrogen (secondary N) is 2. The third-order valence-corrected chi connectivity index (χ3v) is 4.42. The molecule has 2 heterocycles. The molecule has 2 amide bonds. The molecule has 7 nitrogen and oxygen atoms in total. The standard InChI is InChI=1S/C21H26N6O/c1-3-14-27-20(23-15-24-27)16(2)25-21(28)26-19-11-8-17(9-12-19)7-10-18-6-4-5-13-22-18/h4-6,8-9,11-13,15-16H,3,7,10,14H2,1-2H3,(H2,25,26,28)/t16-/m1/s1. The number of pyridine rings is 1. The highest BCUT2D eigenvalue weighted by Gasteiger charge is 2.15. The van der Waals surface area contributed by atoms with Gasteiger partial charge in [-0.25, -0.2) is 14.5 Å². The van der Waals surface area contributed by atoms with Crippen LogP contribution in [0.5, 0.6) is 0 Å². The van der Waals surface area contributed by atoms with Gasteiger partial charge in [-0.05, 0) is 56.0 Å². The third-order valence-electron chi connectivity index (χ3n) is 4.42. The van der Waals surface area contributed by atoms with Crippen LogP contribution in [0.3, 0.4) is 0 Å². The second kappa shape index (κ2) is 9.64. The molecule has 146 valence electrons. The highest BCUT2D eigenvalue weighted by molar-refractivity contribution is 5.89.